The maximum atomic E-state index is 13.5. The zero-order valence-corrected chi connectivity index (χ0v) is 9.77. The molecule has 0 amide bonds. The molecule has 0 heterocycles. The number of anilines is 1. The highest BCUT2D eigenvalue weighted by Crippen LogP contribution is 2.28. The van der Waals surface area contributed by atoms with Gasteiger partial charge in [0.05, 0.1) is 5.69 Å². The van der Waals surface area contributed by atoms with Gasteiger partial charge in [0.2, 0.25) is 0 Å². The van der Waals surface area contributed by atoms with Crippen molar-refractivity contribution in [1.29, 1.82) is 0 Å². The predicted octanol–water partition coefficient (Wildman–Crippen LogP) is 4.09. The van der Waals surface area contributed by atoms with E-state index in [1.54, 1.807) is 0 Å². The fourth-order valence-corrected chi connectivity index (χ4v) is 2.37. The van der Waals surface area contributed by atoms with Crippen molar-refractivity contribution in [3.05, 3.63) is 29.6 Å². The normalized spacial score (nSPS) is 24.7. The minimum atomic E-state index is -1.40. The lowest BCUT2D eigenvalue weighted by Crippen LogP contribution is -2.30. The van der Waals surface area contributed by atoms with Crippen LogP contribution in [-0.2, 0) is 0 Å². The number of halogens is 3. The highest BCUT2D eigenvalue weighted by atomic mass is 19.2. The number of hydrogen-bond donors (Lipinski definition) is 1. The monoisotopic (exact) mass is 243 g/mol. The zero-order chi connectivity index (χ0) is 12.4. The molecule has 0 aromatic heterocycles. The summed E-state index contributed by atoms with van der Waals surface area (Å²) in [5.74, 6) is -3.25. The molecule has 0 radical (unpaired) electrons. The van der Waals surface area contributed by atoms with Gasteiger partial charge in [0.15, 0.2) is 17.5 Å². The second kappa shape index (κ2) is 4.98. The predicted molar refractivity (Wildman–Crippen MR) is 61.4 cm³/mol. The highest BCUT2D eigenvalue weighted by Gasteiger charge is 2.23. The molecule has 17 heavy (non-hydrogen) atoms. The smallest absolute Gasteiger partial charge is 0.196 e. The first kappa shape index (κ1) is 12.3. The summed E-state index contributed by atoms with van der Waals surface area (Å²) in [6.07, 6.45) is 4.30. The minimum Gasteiger partial charge on any atom is -0.380 e. The number of benzene rings is 1. The van der Waals surface area contributed by atoms with Gasteiger partial charge in [-0.25, -0.2) is 13.2 Å². The van der Waals surface area contributed by atoms with E-state index in [4.69, 9.17) is 0 Å². The van der Waals surface area contributed by atoms with Crippen molar-refractivity contribution >= 4 is 5.69 Å². The van der Waals surface area contributed by atoms with Crippen LogP contribution in [-0.4, -0.2) is 6.04 Å². The molecule has 1 N–H and O–H groups in total. The molecule has 0 aliphatic heterocycles. The van der Waals surface area contributed by atoms with Crippen LogP contribution in [0, 0.1) is 23.4 Å². The second-order valence-corrected chi connectivity index (χ2v) is 4.74. The van der Waals surface area contributed by atoms with Gasteiger partial charge < -0.3 is 5.32 Å². The Balaban J connectivity index is 2.15. The van der Waals surface area contributed by atoms with Crippen molar-refractivity contribution in [2.75, 3.05) is 5.32 Å². The van der Waals surface area contributed by atoms with E-state index in [-0.39, 0.29) is 11.7 Å². The van der Waals surface area contributed by atoms with Crippen molar-refractivity contribution in [1.82, 2.24) is 0 Å². The summed E-state index contributed by atoms with van der Waals surface area (Å²) < 4.78 is 39.3. The van der Waals surface area contributed by atoms with Crippen LogP contribution in [0.3, 0.4) is 0 Å². The van der Waals surface area contributed by atoms with Crippen LogP contribution < -0.4 is 5.32 Å². The van der Waals surface area contributed by atoms with E-state index >= 15 is 0 Å². The summed E-state index contributed by atoms with van der Waals surface area (Å²) in [6, 6.07) is 2.35. The lowest BCUT2D eigenvalue weighted by Gasteiger charge is -2.30. The number of rotatable bonds is 2. The molecule has 2 rings (SSSR count). The fourth-order valence-electron chi connectivity index (χ4n) is 2.37. The third-order valence-electron chi connectivity index (χ3n) is 3.49. The molecule has 1 aliphatic carbocycles. The third kappa shape index (κ3) is 2.56. The molecule has 0 bridgehead atoms. The van der Waals surface area contributed by atoms with Crippen molar-refractivity contribution < 1.29 is 13.2 Å². The average molecular weight is 243 g/mol. The standard InChI is InChI=1S/C13H16F3N/c1-8-4-2-3-5-10(8)17-11-7-6-9(14)12(15)13(11)16/h6-8,10,17H,2-5H2,1H3. The molecule has 0 saturated heterocycles. The molecular formula is C13H16F3N. The fraction of sp³-hybridized carbons (Fsp3) is 0.538. The van der Waals surface area contributed by atoms with Crippen LogP contribution in [0.25, 0.3) is 0 Å². The van der Waals surface area contributed by atoms with Gasteiger partial charge in [0.25, 0.3) is 0 Å². The first-order chi connectivity index (χ1) is 8.09. The van der Waals surface area contributed by atoms with Gasteiger partial charge in [-0.3, -0.25) is 0 Å². The Morgan fingerprint density at radius 3 is 2.47 bits per heavy atom. The van der Waals surface area contributed by atoms with E-state index in [1.165, 1.54) is 12.5 Å². The molecule has 2 unspecified atom stereocenters. The van der Waals surface area contributed by atoms with Crippen molar-refractivity contribution in [3.8, 4) is 0 Å². The molecule has 1 nitrogen and oxygen atoms in total. The molecule has 4 heteroatoms. The van der Waals surface area contributed by atoms with Crippen LogP contribution >= 0.6 is 0 Å². The largest absolute Gasteiger partial charge is 0.380 e. The molecule has 1 aliphatic rings. The molecule has 0 spiro atoms. The highest BCUT2D eigenvalue weighted by molar-refractivity contribution is 5.46. The first-order valence-corrected chi connectivity index (χ1v) is 5.99. The van der Waals surface area contributed by atoms with E-state index in [0.29, 0.717) is 5.92 Å². The molecule has 2 atom stereocenters. The zero-order valence-electron chi connectivity index (χ0n) is 9.77. The summed E-state index contributed by atoms with van der Waals surface area (Å²) in [5, 5.41) is 2.99. The molecule has 1 saturated carbocycles. The molecular weight excluding hydrogens is 227 g/mol. The van der Waals surface area contributed by atoms with E-state index < -0.39 is 17.5 Å². The third-order valence-corrected chi connectivity index (χ3v) is 3.49. The summed E-state index contributed by atoms with van der Waals surface area (Å²) in [4.78, 5) is 0. The number of hydrogen-bond acceptors (Lipinski definition) is 1. The maximum absolute atomic E-state index is 13.5. The van der Waals surface area contributed by atoms with Crippen LogP contribution in [0.4, 0.5) is 18.9 Å². The lowest BCUT2D eigenvalue weighted by atomic mass is 9.86. The van der Waals surface area contributed by atoms with Gasteiger partial charge in [-0.1, -0.05) is 19.8 Å². The minimum absolute atomic E-state index is 0.0580. The Labute approximate surface area is 99.0 Å². The first-order valence-electron chi connectivity index (χ1n) is 5.99. The van der Waals surface area contributed by atoms with Gasteiger partial charge in [0.1, 0.15) is 0 Å². The lowest BCUT2D eigenvalue weighted by molar-refractivity contribution is 0.347. The van der Waals surface area contributed by atoms with E-state index in [0.717, 1.165) is 25.3 Å². The van der Waals surface area contributed by atoms with Gasteiger partial charge in [-0.15, -0.1) is 0 Å². The summed E-state index contributed by atoms with van der Waals surface area (Å²) >= 11 is 0. The summed E-state index contributed by atoms with van der Waals surface area (Å²) in [5.41, 5.74) is 0.0580. The topological polar surface area (TPSA) is 12.0 Å². The number of nitrogens with one attached hydrogen (secondary N) is 1. The summed E-state index contributed by atoms with van der Waals surface area (Å²) in [7, 11) is 0. The van der Waals surface area contributed by atoms with Gasteiger partial charge in [0, 0.05) is 6.04 Å². The molecule has 1 aromatic carbocycles. The van der Waals surface area contributed by atoms with Crippen molar-refractivity contribution in [2.45, 2.75) is 38.6 Å². The maximum Gasteiger partial charge on any atom is 0.196 e. The van der Waals surface area contributed by atoms with Crippen LogP contribution in [0.15, 0.2) is 12.1 Å². The van der Waals surface area contributed by atoms with Gasteiger partial charge in [-0.05, 0) is 30.9 Å². The Bertz CT molecular complexity index is 406. The summed E-state index contributed by atoms with van der Waals surface area (Å²) in [6.45, 7) is 2.09. The van der Waals surface area contributed by atoms with Crippen LogP contribution in [0.1, 0.15) is 32.6 Å². The Hall–Kier alpha value is -1.19. The quantitative estimate of drug-likeness (QED) is 0.771. The van der Waals surface area contributed by atoms with E-state index in [2.05, 4.69) is 12.2 Å². The van der Waals surface area contributed by atoms with Crippen LogP contribution in [0.5, 0.6) is 0 Å². The second-order valence-electron chi connectivity index (χ2n) is 4.74. The average Bonchev–Trinajstić information content (AvgIpc) is 2.32. The van der Waals surface area contributed by atoms with Gasteiger partial charge >= 0.3 is 0 Å². The Morgan fingerprint density at radius 1 is 1.06 bits per heavy atom. The molecule has 1 fully saturated rings. The Kier molecular flexibility index (Phi) is 3.60. The van der Waals surface area contributed by atoms with Crippen molar-refractivity contribution in [3.63, 3.8) is 0 Å². The SMILES string of the molecule is CC1CCCCC1Nc1ccc(F)c(F)c1F. The molecule has 1 aromatic rings. The van der Waals surface area contributed by atoms with Crippen LogP contribution in [0.2, 0.25) is 0 Å². The van der Waals surface area contributed by atoms with E-state index in [9.17, 15) is 13.2 Å². The van der Waals surface area contributed by atoms with Crippen molar-refractivity contribution in [2.24, 2.45) is 5.92 Å². The van der Waals surface area contributed by atoms with E-state index in [1.807, 2.05) is 0 Å². The molecule has 94 valence electrons. The van der Waals surface area contributed by atoms with Gasteiger partial charge in [-0.2, -0.15) is 0 Å². The Morgan fingerprint density at radius 2 is 1.76 bits per heavy atom.